The van der Waals surface area contributed by atoms with E-state index in [1.165, 1.54) is 13.2 Å². The molecule has 3 rings (SSSR count). The van der Waals surface area contributed by atoms with Gasteiger partial charge in [0, 0.05) is 10.0 Å². The van der Waals surface area contributed by atoms with E-state index in [-0.39, 0.29) is 10.7 Å². The molecule has 0 atom stereocenters. The number of amides is 2. The Kier molecular flexibility index (Phi) is 6.50. The zero-order chi connectivity index (χ0) is 21.0. The fourth-order valence-corrected chi connectivity index (χ4v) is 3.64. The van der Waals surface area contributed by atoms with Crippen LogP contribution in [-0.2, 0) is 14.3 Å². The fourth-order valence-electron chi connectivity index (χ4n) is 2.43. The van der Waals surface area contributed by atoms with Crippen LogP contribution in [0.3, 0.4) is 0 Å². The molecule has 1 fully saturated rings. The molecule has 0 bridgehead atoms. The Bertz CT molecular complexity index is 1020. The molecule has 0 radical (unpaired) electrons. The normalized spacial score (nSPS) is 15.0. The van der Waals surface area contributed by atoms with Gasteiger partial charge in [-0.05, 0) is 48.2 Å². The van der Waals surface area contributed by atoms with Crippen LogP contribution in [0.5, 0.6) is 5.75 Å². The number of esters is 2. The van der Waals surface area contributed by atoms with E-state index in [2.05, 4.69) is 20.7 Å². The number of hydrogen-bond acceptors (Lipinski definition) is 7. The van der Waals surface area contributed by atoms with Gasteiger partial charge in [-0.25, -0.2) is 4.79 Å². The van der Waals surface area contributed by atoms with Crippen LogP contribution < -0.4 is 4.74 Å². The fraction of sp³-hybridized carbons (Fsp3) is 0.100. The predicted octanol–water partition coefficient (Wildman–Crippen LogP) is 3.88. The minimum absolute atomic E-state index is 0.106. The molecule has 0 aliphatic carbocycles. The molecule has 1 aliphatic rings. The second kappa shape index (κ2) is 9.06. The molecule has 1 saturated heterocycles. The number of thioether (sulfide) groups is 1. The summed E-state index contributed by atoms with van der Waals surface area (Å²) in [6.45, 7) is -0.465. The number of imide groups is 1. The summed E-state index contributed by atoms with van der Waals surface area (Å²) in [6, 6.07) is 13.4. The van der Waals surface area contributed by atoms with E-state index >= 15 is 0 Å². The monoisotopic (exact) mass is 475 g/mol. The number of nitrogens with zero attached hydrogens (tertiary/aromatic N) is 1. The zero-order valence-electron chi connectivity index (χ0n) is 15.1. The molecule has 0 aromatic heterocycles. The second-order valence-electron chi connectivity index (χ2n) is 5.78. The first kappa shape index (κ1) is 20.8. The van der Waals surface area contributed by atoms with Crippen molar-refractivity contribution in [2.45, 2.75) is 0 Å². The third-order valence-corrected chi connectivity index (χ3v) is 5.26. The van der Waals surface area contributed by atoms with Gasteiger partial charge >= 0.3 is 11.9 Å². The standard InChI is InChI=1S/C20H14BrNO6S/c1-27-17(23)11-22-18(24)16(29-20(22)26)10-13-9-14(21)7-8-15(13)28-19(25)12-5-3-2-4-6-12/h2-10H,11H2,1H3/b16-10-. The van der Waals surface area contributed by atoms with E-state index in [1.54, 1.807) is 48.5 Å². The van der Waals surface area contributed by atoms with Crippen LogP contribution in [0.4, 0.5) is 4.79 Å². The molecule has 2 aromatic carbocycles. The van der Waals surface area contributed by atoms with E-state index in [0.29, 0.717) is 27.4 Å². The van der Waals surface area contributed by atoms with Gasteiger partial charge in [-0.15, -0.1) is 0 Å². The van der Waals surface area contributed by atoms with Crippen LogP contribution in [0.1, 0.15) is 15.9 Å². The molecule has 2 aromatic rings. The van der Waals surface area contributed by atoms with Gasteiger partial charge in [0.05, 0.1) is 17.6 Å². The Hall–Kier alpha value is -2.91. The Morgan fingerprint density at radius 2 is 1.86 bits per heavy atom. The summed E-state index contributed by atoms with van der Waals surface area (Å²) in [7, 11) is 1.17. The van der Waals surface area contributed by atoms with E-state index in [9.17, 15) is 19.2 Å². The van der Waals surface area contributed by atoms with Crippen molar-refractivity contribution in [3.63, 3.8) is 0 Å². The van der Waals surface area contributed by atoms with E-state index in [1.807, 2.05) is 0 Å². The highest BCUT2D eigenvalue weighted by atomic mass is 79.9. The van der Waals surface area contributed by atoms with E-state index in [0.717, 1.165) is 4.90 Å². The first-order chi connectivity index (χ1) is 13.9. The lowest BCUT2D eigenvalue weighted by Crippen LogP contribution is -2.34. The van der Waals surface area contributed by atoms with Crippen molar-refractivity contribution in [1.29, 1.82) is 0 Å². The van der Waals surface area contributed by atoms with Crippen LogP contribution in [0.25, 0.3) is 6.08 Å². The first-order valence-electron chi connectivity index (χ1n) is 8.28. The van der Waals surface area contributed by atoms with E-state index in [4.69, 9.17) is 4.74 Å². The van der Waals surface area contributed by atoms with E-state index < -0.39 is 29.6 Å². The van der Waals surface area contributed by atoms with Crippen LogP contribution in [0.15, 0.2) is 57.9 Å². The maximum absolute atomic E-state index is 12.5. The predicted molar refractivity (Wildman–Crippen MR) is 110 cm³/mol. The van der Waals surface area contributed by atoms with Crippen molar-refractivity contribution >= 4 is 56.9 Å². The van der Waals surface area contributed by atoms with Crippen molar-refractivity contribution in [3.05, 3.63) is 69.0 Å². The number of rotatable bonds is 5. The first-order valence-corrected chi connectivity index (χ1v) is 9.89. The van der Waals surface area contributed by atoms with Crippen molar-refractivity contribution in [2.75, 3.05) is 13.7 Å². The van der Waals surface area contributed by atoms with Gasteiger partial charge in [-0.1, -0.05) is 34.1 Å². The molecule has 148 valence electrons. The Labute approximate surface area is 178 Å². The second-order valence-corrected chi connectivity index (χ2v) is 7.69. The molecule has 9 heteroatoms. The summed E-state index contributed by atoms with van der Waals surface area (Å²) in [6.07, 6.45) is 1.44. The SMILES string of the molecule is COC(=O)CN1C(=O)S/C(=C\c2cc(Br)ccc2OC(=O)c2ccccc2)C1=O. The highest BCUT2D eigenvalue weighted by Crippen LogP contribution is 2.35. The van der Waals surface area contributed by atoms with Gasteiger partial charge < -0.3 is 9.47 Å². The maximum atomic E-state index is 12.5. The Morgan fingerprint density at radius 3 is 2.55 bits per heavy atom. The Morgan fingerprint density at radius 1 is 1.14 bits per heavy atom. The minimum Gasteiger partial charge on any atom is -0.468 e. The molecule has 0 N–H and O–H groups in total. The lowest BCUT2D eigenvalue weighted by molar-refractivity contribution is -0.143. The summed E-state index contributed by atoms with van der Waals surface area (Å²) in [5, 5.41) is -0.579. The summed E-state index contributed by atoms with van der Waals surface area (Å²) in [5.74, 6) is -1.65. The third-order valence-electron chi connectivity index (χ3n) is 3.86. The number of benzene rings is 2. The van der Waals surface area contributed by atoms with Crippen LogP contribution in [-0.4, -0.2) is 41.6 Å². The molecule has 1 heterocycles. The number of hydrogen-bond donors (Lipinski definition) is 0. The smallest absolute Gasteiger partial charge is 0.343 e. The number of carbonyl (C=O) groups excluding carboxylic acids is 4. The van der Waals surface area contributed by atoms with Crippen molar-refractivity contribution in [3.8, 4) is 5.75 Å². The summed E-state index contributed by atoms with van der Waals surface area (Å²) in [5.41, 5.74) is 0.798. The van der Waals surface area contributed by atoms with Gasteiger partial charge in [0.1, 0.15) is 12.3 Å². The average Bonchev–Trinajstić information content (AvgIpc) is 2.97. The van der Waals surface area contributed by atoms with Gasteiger partial charge in [-0.3, -0.25) is 19.3 Å². The lowest BCUT2D eigenvalue weighted by Gasteiger charge is -2.10. The van der Waals surface area contributed by atoms with Gasteiger partial charge in [0.25, 0.3) is 11.1 Å². The molecular formula is C20H14BrNO6S. The Balaban J connectivity index is 1.88. The quantitative estimate of drug-likeness (QED) is 0.368. The summed E-state index contributed by atoms with van der Waals surface area (Å²) < 4.78 is 10.7. The van der Waals surface area contributed by atoms with Crippen LogP contribution >= 0.6 is 27.7 Å². The topological polar surface area (TPSA) is 90.0 Å². The van der Waals surface area contributed by atoms with Gasteiger partial charge in [0.2, 0.25) is 0 Å². The average molecular weight is 476 g/mol. The molecule has 0 spiro atoms. The van der Waals surface area contributed by atoms with Gasteiger partial charge in [-0.2, -0.15) is 0 Å². The lowest BCUT2D eigenvalue weighted by atomic mass is 10.1. The number of carbonyl (C=O) groups is 4. The summed E-state index contributed by atoms with van der Waals surface area (Å²) >= 11 is 4.03. The molecule has 2 amide bonds. The van der Waals surface area contributed by atoms with Crippen LogP contribution in [0.2, 0.25) is 0 Å². The molecule has 1 aliphatic heterocycles. The number of ether oxygens (including phenoxy) is 2. The van der Waals surface area contributed by atoms with Crippen molar-refractivity contribution in [2.24, 2.45) is 0 Å². The number of halogens is 1. The molecule has 29 heavy (non-hydrogen) atoms. The largest absolute Gasteiger partial charge is 0.468 e. The van der Waals surface area contributed by atoms with Crippen LogP contribution in [0, 0.1) is 0 Å². The van der Waals surface area contributed by atoms with Crippen molar-refractivity contribution in [1.82, 2.24) is 4.90 Å². The molecule has 7 nitrogen and oxygen atoms in total. The summed E-state index contributed by atoms with van der Waals surface area (Å²) in [4.78, 5) is 49.3. The third kappa shape index (κ3) is 4.93. The highest BCUT2D eigenvalue weighted by Gasteiger charge is 2.36. The van der Waals surface area contributed by atoms with Gasteiger partial charge in [0.15, 0.2) is 0 Å². The molecule has 0 unspecified atom stereocenters. The number of methoxy groups -OCH3 is 1. The molecular weight excluding hydrogens is 462 g/mol. The minimum atomic E-state index is -0.700. The zero-order valence-corrected chi connectivity index (χ0v) is 17.5. The maximum Gasteiger partial charge on any atom is 0.343 e. The molecule has 0 saturated carbocycles. The highest BCUT2D eigenvalue weighted by molar-refractivity contribution is 9.10. The van der Waals surface area contributed by atoms with Crippen molar-refractivity contribution < 1.29 is 28.7 Å².